The molecule has 1 aromatic heterocycles. The number of thiocarbonyl (C=S) groups is 1. The first-order valence-electron chi connectivity index (χ1n) is 8.33. The molecule has 0 aliphatic carbocycles. The van der Waals surface area contributed by atoms with E-state index in [4.69, 9.17) is 21.7 Å². The highest BCUT2D eigenvalue weighted by molar-refractivity contribution is 7.91. The van der Waals surface area contributed by atoms with Crippen LogP contribution in [0.3, 0.4) is 0 Å². The number of ether oxygens (including phenoxy) is 2. The van der Waals surface area contributed by atoms with Crippen LogP contribution in [0.4, 0.5) is 5.13 Å². The number of hydrogen-bond acceptors (Lipinski definition) is 7. The van der Waals surface area contributed by atoms with Gasteiger partial charge in [-0.2, -0.15) is 0 Å². The van der Waals surface area contributed by atoms with Gasteiger partial charge in [-0.1, -0.05) is 0 Å². The first-order chi connectivity index (χ1) is 12.9. The molecule has 1 aliphatic heterocycles. The van der Waals surface area contributed by atoms with Crippen LogP contribution in [-0.4, -0.2) is 50.8 Å². The van der Waals surface area contributed by atoms with Crippen molar-refractivity contribution in [3.63, 3.8) is 0 Å². The fraction of sp³-hybridized carbons (Fsp3) is 0.412. The molecule has 0 unspecified atom stereocenters. The van der Waals surface area contributed by atoms with Gasteiger partial charge in [0.1, 0.15) is 0 Å². The van der Waals surface area contributed by atoms with E-state index in [0.717, 1.165) is 11.3 Å². The summed E-state index contributed by atoms with van der Waals surface area (Å²) in [5.41, 5.74) is 1.71. The van der Waals surface area contributed by atoms with Gasteiger partial charge in [-0.25, -0.2) is 13.4 Å². The lowest BCUT2D eigenvalue weighted by Gasteiger charge is -2.11. The molecule has 1 atom stereocenters. The molecule has 0 amide bonds. The maximum Gasteiger partial charge on any atom is 0.189 e. The molecule has 3 rings (SSSR count). The van der Waals surface area contributed by atoms with Crippen molar-refractivity contribution in [2.45, 2.75) is 6.42 Å². The minimum absolute atomic E-state index is 0.105. The first-order valence-corrected chi connectivity index (χ1v) is 11.4. The Morgan fingerprint density at radius 1 is 1.33 bits per heavy atom. The van der Waals surface area contributed by atoms with E-state index in [1.165, 1.54) is 11.3 Å². The Morgan fingerprint density at radius 3 is 2.78 bits per heavy atom. The Hall–Kier alpha value is -1.91. The molecule has 0 saturated carbocycles. The molecular formula is C17H21N3O4S3. The molecule has 0 radical (unpaired) electrons. The highest BCUT2D eigenvalue weighted by Gasteiger charge is 2.27. The average molecular weight is 428 g/mol. The molecular weight excluding hydrogens is 406 g/mol. The largest absolute Gasteiger partial charge is 0.493 e. The maximum atomic E-state index is 11.5. The van der Waals surface area contributed by atoms with Gasteiger partial charge < -0.3 is 20.1 Å². The molecule has 1 saturated heterocycles. The molecule has 10 heteroatoms. The van der Waals surface area contributed by atoms with E-state index in [2.05, 4.69) is 15.6 Å². The van der Waals surface area contributed by atoms with Gasteiger partial charge in [-0.05, 0) is 42.8 Å². The van der Waals surface area contributed by atoms with E-state index in [0.29, 0.717) is 34.7 Å². The number of hydrogen-bond donors (Lipinski definition) is 2. The molecule has 1 aromatic carbocycles. The van der Waals surface area contributed by atoms with Crippen molar-refractivity contribution in [3.8, 4) is 22.8 Å². The number of methoxy groups -OCH3 is 2. The molecule has 1 fully saturated rings. The number of sulfone groups is 1. The molecule has 2 aromatic rings. The van der Waals surface area contributed by atoms with Gasteiger partial charge in [0.25, 0.3) is 0 Å². The van der Waals surface area contributed by atoms with Gasteiger partial charge in [0, 0.05) is 17.5 Å². The molecule has 7 nitrogen and oxygen atoms in total. The molecule has 0 bridgehead atoms. The summed E-state index contributed by atoms with van der Waals surface area (Å²) in [6.45, 7) is 0.541. The van der Waals surface area contributed by atoms with Gasteiger partial charge in [0.15, 0.2) is 31.6 Å². The topological polar surface area (TPSA) is 89.6 Å². The Balaban J connectivity index is 1.58. The second kappa shape index (κ2) is 8.41. The third kappa shape index (κ3) is 5.08. The minimum atomic E-state index is -2.87. The smallest absolute Gasteiger partial charge is 0.189 e. The van der Waals surface area contributed by atoms with E-state index in [9.17, 15) is 8.42 Å². The summed E-state index contributed by atoms with van der Waals surface area (Å²) >= 11 is 6.72. The van der Waals surface area contributed by atoms with Crippen LogP contribution in [0.15, 0.2) is 23.6 Å². The molecule has 1 aliphatic rings. The van der Waals surface area contributed by atoms with Gasteiger partial charge in [-0.3, -0.25) is 0 Å². The van der Waals surface area contributed by atoms with Crippen LogP contribution in [0.2, 0.25) is 0 Å². The van der Waals surface area contributed by atoms with E-state index >= 15 is 0 Å². The standard InChI is InChI=1S/C17H21N3O4S3/c1-23-14-4-3-12(7-15(14)24-2)13-9-26-17(19-13)20-16(25)18-8-11-5-6-27(21,22)10-11/h3-4,7,9,11H,5-6,8,10H2,1-2H3,(H2,18,19,20,25)/t11-/m1/s1. The zero-order valence-corrected chi connectivity index (χ0v) is 17.5. The highest BCUT2D eigenvalue weighted by atomic mass is 32.2. The SMILES string of the molecule is COc1ccc(-c2csc(NC(=S)NC[C@H]3CCS(=O)(=O)C3)n2)cc1OC. The predicted octanol–water partition coefficient (Wildman–Crippen LogP) is 2.55. The van der Waals surface area contributed by atoms with Gasteiger partial charge in [0.2, 0.25) is 0 Å². The Kier molecular flexibility index (Phi) is 6.18. The monoisotopic (exact) mass is 427 g/mol. The van der Waals surface area contributed by atoms with Crippen LogP contribution < -0.4 is 20.1 Å². The van der Waals surface area contributed by atoms with Crippen LogP contribution in [0, 0.1) is 5.92 Å². The van der Waals surface area contributed by atoms with Crippen molar-refractivity contribution in [1.29, 1.82) is 0 Å². The third-order valence-electron chi connectivity index (χ3n) is 4.28. The minimum Gasteiger partial charge on any atom is -0.493 e. The Morgan fingerprint density at radius 2 is 2.11 bits per heavy atom. The van der Waals surface area contributed by atoms with Gasteiger partial charge in [-0.15, -0.1) is 11.3 Å². The van der Waals surface area contributed by atoms with Gasteiger partial charge >= 0.3 is 0 Å². The number of aromatic nitrogens is 1. The number of nitrogens with zero attached hydrogens (tertiary/aromatic N) is 1. The highest BCUT2D eigenvalue weighted by Crippen LogP contribution is 2.33. The Bertz CT molecular complexity index is 927. The average Bonchev–Trinajstić information content (AvgIpc) is 3.25. The number of nitrogens with one attached hydrogen (secondary N) is 2. The number of thiazole rings is 1. The van der Waals surface area contributed by atoms with E-state index in [1.807, 2.05) is 23.6 Å². The van der Waals surface area contributed by atoms with Crippen LogP contribution in [-0.2, 0) is 9.84 Å². The fourth-order valence-electron chi connectivity index (χ4n) is 2.87. The second-order valence-corrected chi connectivity index (χ2v) is 9.71. The summed E-state index contributed by atoms with van der Waals surface area (Å²) in [5.74, 6) is 1.90. The van der Waals surface area contributed by atoms with Crippen molar-refractivity contribution in [2.75, 3.05) is 37.6 Å². The quantitative estimate of drug-likeness (QED) is 0.680. The second-order valence-electron chi connectivity index (χ2n) is 6.21. The van der Waals surface area contributed by atoms with E-state index < -0.39 is 9.84 Å². The number of anilines is 1. The third-order valence-corrected chi connectivity index (χ3v) is 7.12. The van der Waals surface area contributed by atoms with Crippen LogP contribution in [0.25, 0.3) is 11.3 Å². The summed E-state index contributed by atoms with van der Waals surface area (Å²) in [6, 6.07) is 5.62. The summed E-state index contributed by atoms with van der Waals surface area (Å²) in [7, 11) is 0.314. The summed E-state index contributed by atoms with van der Waals surface area (Å²) < 4.78 is 33.6. The Labute approximate surface area is 168 Å². The van der Waals surface area contributed by atoms with Gasteiger partial charge in [0.05, 0.1) is 31.4 Å². The van der Waals surface area contributed by atoms with Crippen molar-refractivity contribution in [2.24, 2.45) is 5.92 Å². The lowest BCUT2D eigenvalue weighted by Crippen LogP contribution is -2.33. The molecule has 2 heterocycles. The van der Waals surface area contributed by atoms with E-state index in [1.54, 1.807) is 14.2 Å². The maximum absolute atomic E-state index is 11.5. The lowest BCUT2D eigenvalue weighted by atomic mass is 10.1. The molecule has 0 spiro atoms. The predicted molar refractivity (Wildman–Crippen MR) is 112 cm³/mol. The van der Waals surface area contributed by atoms with Crippen molar-refractivity contribution in [1.82, 2.24) is 10.3 Å². The summed E-state index contributed by atoms with van der Waals surface area (Å²) in [4.78, 5) is 4.54. The zero-order chi connectivity index (χ0) is 19.4. The number of rotatable bonds is 6. The van der Waals surface area contributed by atoms with Crippen molar-refractivity contribution >= 4 is 43.6 Å². The number of benzene rings is 1. The molecule has 27 heavy (non-hydrogen) atoms. The van der Waals surface area contributed by atoms with E-state index in [-0.39, 0.29) is 17.4 Å². The normalized spacial score (nSPS) is 18.1. The van der Waals surface area contributed by atoms with Crippen LogP contribution in [0.1, 0.15) is 6.42 Å². The lowest BCUT2D eigenvalue weighted by molar-refractivity contribution is 0.355. The molecule has 146 valence electrons. The van der Waals surface area contributed by atoms with Crippen LogP contribution >= 0.6 is 23.6 Å². The van der Waals surface area contributed by atoms with Crippen molar-refractivity contribution < 1.29 is 17.9 Å². The summed E-state index contributed by atoms with van der Waals surface area (Å²) in [5, 5.41) is 9.16. The van der Waals surface area contributed by atoms with Crippen LogP contribution in [0.5, 0.6) is 11.5 Å². The first kappa shape index (κ1) is 19.8. The fourth-order valence-corrected chi connectivity index (χ4v) is 5.70. The summed E-state index contributed by atoms with van der Waals surface area (Å²) in [6.07, 6.45) is 0.679. The zero-order valence-electron chi connectivity index (χ0n) is 15.0. The molecule has 2 N–H and O–H groups in total. The van der Waals surface area contributed by atoms with Crippen molar-refractivity contribution in [3.05, 3.63) is 23.6 Å².